The topological polar surface area (TPSA) is 79.6 Å². The number of aromatic nitrogens is 3. The van der Waals surface area contributed by atoms with Gasteiger partial charge in [-0.1, -0.05) is 12.1 Å². The lowest BCUT2D eigenvalue weighted by molar-refractivity contribution is 0.245. The maximum absolute atomic E-state index is 5.47. The van der Waals surface area contributed by atoms with Crippen molar-refractivity contribution in [3.8, 4) is 11.6 Å². The molecule has 182 valence electrons. The zero-order valence-electron chi connectivity index (χ0n) is 19.9. The molecule has 2 aromatic heterocycles. The van der Waals surface area contributed by atoms with Gasteiger partial charge in [0, 0.05) is 31.7 Å². The number of ether oxygens (including phenoxy) is 1. The summed E-state index contributed by atoms with van der Waals surface area (Å²) in [6, 6.07) is 12.7. The van der Waals surface area contributed by atoms with Gasteiger partial charge in [-0.3, -0.25) is 9.47 Å². The van der Waals surface area contributed by atoms with Gasteiger partial charge in [0.2, 0.25) is 0 Å². The smallest absolute Gasteiger partial charge is 0.191 e. The highest BCUT2D eigenvalue weighted by Gasteiger charge is 2.24. The molecule has 0 spiro atoms. The van der Waals surface area contributed by atoms with Crippen LogP contribution in [0.15, 0.2) is 66.3 Å². The maximum Gasteiger partial charge on any atom is 0.191 e. The van der Waals surface area contributed by atoms with Crippen LogP contribution in [0.4, 0.5) is 0 Å². The van der Waals surface area contributed by atoms with Crippen molar-refractivity contribution < 1.29 is 4.74 Å². The zero-order chi connectivity index (χ0) is 22.9. The molecule has 3 heterocycles. The average molecular weight is 575 g/mol. The summed E-state index contributed by atoms with van der Waals surface area (Å²) >= 11 is 0. The maximum atomic E-state index is 5.47. The number of hydrogen-bond acceptors (Lipinski definition) is 5. The molecule has 4 rings (SSSR count). The Morgan fingerprint density at radius 3 is 2.74 bits per heavy atom. The SMILES string of the molecule is CCNC(=NCc1ccnc(-n2ccnc2)c1)NCC(c1cccc(OC)c1)N1CCCC1.I. The van der Waals surface area contributed by atoms with Gasteiger partial charge in [-0.2, -0.15) is 0 Å². The first-order valence-electron chi connectivity index (χ1n) is 11.6. The number of aliphatic imine (C=N–C) groups is 1. The molecule has 2 N–H and O–H groups in total. The molecule has 0 bridgehead atoms. The van der Waals surface area contributed by atoms with Gasteiger partial charge in [0.1, 0.15) is 17.9 Å². The van der Waals surface area contributed by atoms with E-state index in [4.69, 9.17) is 9.73 Å². The monoisotopic (exact) mass is 575 g/mol. The predicted molar refractivity (Wildman–Crippen MR) is 146 cm³/mol. The summed E-state index contributed by atoms with van der Waals surface area (Å²) in [6.07, 6.45) is 9.69. The highest BCUT2D eigenvalue weighted by atomic mass is 127. The lowest BCUT2D eigenvalue weighted by Gasteiger charge is -2.29. The van der Waals surface area contributed by atoms with Crippen LogP contribution in [-0.4, -0.2) is 58.7 Å². The third kappa shape index (κ3) is 6.92. The van der Waals surface area contributed by atoms with Crippen LogP contribution >= 0.6 is 24.0 Å². The van der Waals surface area contributed by atoms with Crippen molar-refractivity contribution in [1.82, 2.24) is 30.1 Å². The Kier molecular flexibility index (Phi) is 10.1. The number of likely N-dealkylation sites (tertiary alicyclic amines) is 1. The Labute approximate surface area is 218 Å². The molecule has 0 amide bonds. The van der Waals surface area contributed by atoms with E-state index in [0.717, 1.165) is 49.3 Å². The van der Waals surface area contributed by atoms with Gasteiger partial charge in [0.25, 0.3) is 0 Å². The van der Waals surface area contributed by atoms with Crippen molar-refractivity contribution in [1.29, 1.82) is 0 Å². The molecule has 1 aliphatic heterocycles. The van der Waals surface area contributed by atoms with Gasteiger partial charge in [0.15, 0.2) is 5.96 Å². The Hall–Kier alpha value is -2.66. The van der Waals surface area contributed by atoms with Crippen LogP contribution in [0, 0.1) is 0 Å². The fourth-order valence-corrected chi connectivity index (χ4v) is 4.16. The number of pyridine rings is 1. The number of nitrogens with one attached hydrogen (secondary N) is 2. The summed E-state index contributed by atoms with van der Waals surface area (Å²) in [5, 5.41) is 6.95. The number of rotatable bonds is 9. The summed E-state index contributed by atoms with van der Waals surface area (Å²) < 4.78 is 7.36. The van der Waals surface area contributed by atoms with Gasteiger partial charge in [-0.15, -0.1) is 24.0 Å². The van der Waals surface area contributed by atoms with Crippen LogP contribution in [0.1, 0.15) is 36.9 Å². The fourth-order valence-electron chi connectivity index (χ4n) is 4.16. The van der Waals surface area contributed by atoms with E-state index in [0.29, 0.717) is 6.54 Å². The Balaban J connectivity index is 0.00000324. The molecule has 1 aromatic carbocycles. The quantitative estimate of drug-likeness (QED) is 0.230. The number of nitrogens with zero attached hydrogens (tertiary/aromatic N) is 5. The van der Waals surface area contributed by atoms with Gasteiger partial charge < -0.3 is 15.4 Å². The van der Waals surface area contributed by atoms with Crippen molar-refractivity contribution in [2.75, 3.05) is 33.3 Å². The minimum absolute atomic E-state index is 0. The number of guanidine groups is 1. The van der Waals surface area contributed by atoms with E-state index >= 15 is 0 Å². The molecule has 0 radical (unpaired) electrons. The molecule has 0 saturated carbocycles. The summed E-state index contributed by atoms with van der Waals surface area (Å²) in [4.78, 5) is 15.9. The third-order valence-corrected chi connectivity index (χ3v) is 5.87. The van der Waals surface area contributed by atoms with Crippen molar-refractivity contribution in [2.45, 2.75) is 32.4 Å². The van der Waals surface area contributed by atoms with Gasteiger partial charge in [0.05, 0.1) is 19.7 Å². The summed E-state index contributed by atoms with van der Waals surface area (Å²) in [5.74, 6) is 2.54. The number of hydrogen-bond donors (Lipinski definition) is 2. The molecule has 3 aromatic rings. The minimum Gasteiger partial charge on any atom is -0.497 e. The molecule has 1 aliphatic rings. The molecule has 1 saturated heterocycles. The molecule has 34 heavy (non-hydrogen) atoms. The number of halogens is 1. The molecule has 9 heteroatoms. The summed E-state index contributed by atoms with van der Waals surface area (Å²) in [6.45, 7) is 6.45. The number of benzene rings is 1. The molecule has 8 nitrogen and oxygen atoms in total. The van der Waals surface area contributed by atoms with Crippen molar-refractivity contribution in [3.05, 3.63) is 72.4 Å². The lowest BCUT2D eigenvalue weighted by Crippen LogP contribution is -2.42. The molecule has 1 atom stereocenters. The number of methoxy groups -OCH3 is 1. The second-order valence-corrected chi connectivity index (χ2v) is 8.10. The van der Waals surface area contributed by atoms with E-state index in [2.05, 4.69) is 50.6 Å². The van der Waals surface area contributed by atoms with Gasteiger partial charge in [-0.25, -0.2) is 15.0 Å². The summed E-state index contributed by atoms with van der Waals surface area (Å²) in [7, 11) is 1.72. The lowest BCUT2D eigenvalue weighted by atomic mass is 10.1. The van der Waals surface area contributed by atoms with E-state index in [1.54, 1.807) is 19.6 Å². The Bertz CT molecular complexity index is 1040. The van der Waals surface area contributed by atoms with Crippen LogP contribution < -0.4 is 15.4 Å². The average Bonchev–Trinajstić information content (AvgIpc) is 3.58. The van der Waals surface area contributed by atoms with Crippen LogP contribution in [0.2, 0.25) is 0 Å². The van der Waals surface area contributed by atoms with Gasteiger partial charge in [-0.05, 0) is 68.2 Å². The minimum atomic E-state index is 0. The first-order chi connectivity index (χ1) is 16.3. The second-order valence-electron chi connectivity index (χ2n) is 8.10. The fraction of sp³-hybridized carbons (Fsp3) is 0.400. The van der Waals surface area contributed by atoms with Crippen molar-refractivity contribution in [3.63, 3.8) is 0 Å². The van der Waals surface area contributed by atoms with Crippen LogP contribution in [0.3, 0.4) is 0 Å². The molecule has 0 aliphatic carbocycles. The van der Waals surface area contributed by atoms with E-state index in [1.807, 2.05) is 35.2 Å². The highest BCUT2D eigenvalue weighted by molar-refractivity contribution is 14.0. The number of imidazole rings is 1. The molecule has 1 unspecified atom stereocenters. The molecular formula is C25H34IN7O. The zero-order valence-corrected chi connectivity index (χ0v) is 22.2. The normalized spacial score (nSPS) is 14.9. The van der Waals surface area contributed by atoms with Gasteiger partial charge >= 0.3 is 0 Å². The molecular weight excluding hydrogens is 541 g/mol. The van der Waals surface area contributed by atoms with Crippen LogP contribution in [-0.2, 0) is 6.54 Å². The van der Waals surface area contributed by atoms with Crippen molar-refractivity contribution >= 4 is 29.9 Å². The van der Waals surface area contributed by atoms with Crippen LogP contribution in [0.5, 0.6) is 5.75 Å². The van der Waals surface area contributed by atoms with E-state index in [1.165, 1.54) is 18.4 Å². The third-order valence-electron chi connectivity index (χ3n) is 5.87. The second kappa shape index (κ2) is 13.3. The van der Waals surface area contributed by atoms with E-state index < -0.39 is 0 Å². The largest absolute Gasteiger partial charge is 0.497 e. The Morgan fingerprint density at radius 2 is 2.00 bits per heavy atom. The Morgan fingerprint density at radius 1 is 1.15 bits per heavy atom. The van der Waals surface area contributed by atoms with Crippen LogP contribution in [0.25, 0.3) is 5.82 Å². The molecule has 1 fully saturated rings. The standard InChI is InChI=1S/C25H33N7O.HI/c1-3-27-25(29-17-20-9-10-28-24(15-20)32-14-11-26-19-32)30-18-23(31-12-4-5-13-31)21-7-6-8-22(16-21)33-2;/h6-11,14-16,19,23H,3-5,12-13,17-18H2,1-2H3,(H2,27,29,30);1H. The predicted octanol–water partition coefficient (Wildman–Crippen LogP) is 3.79. The van der Waals surface area contributed by atoms with E-state index in [-0.39, 0.29) is 30.0 Å². The van der Waals surface area contributed by atoms with Crippen molar-refractivity contribution in [2.24, 2.45) is 4.99 Å². The first-order valence-corrected chi connectivity index (χ1v) is 11.6. The first kappa shape index (κ1) is 26.0. The highest BCUT2D eigenvalue weighted by Crippen LogP contribution is 2.27. The summed E-state index contributed by atoms with van der Waals surface area (Å²) in [5.41, 5.74) is 2.36. The van der Waals surface area contributed by atoms with E-state index in [9.17, 15) is 0 Å².